The minimum atomic E-state index is -2.87. The Morgan fingerprint density at radius 1 is 0.968 bits per heavy atom. The van der Waals surface area contributed by atoms with Gasteiger partial charge in [0.2, 0.25) is 5.91 Å². The summed E-state index contributed by atoms with van der Waals surface area (Å²) in [5.41, 5.74) is 1.75. The summed E-state index contributed by atoms with van der Waals surface area (Å²) in [6, 6.07) is 13.2. The minimum absolute atomic E-state index is 0.0228. The first kappa shape index (κ1) is 21.1. The molecule has 1 aliphatic carbocycles. The zero-order chi connectivity index (χ0) is 21.8. The molecular formula is C23H25F2N3O3. The predicted octanol–water partition coefficient (Wildman–Crippen LogP) is 4.16. The summed E-state index contributed by atoms with van der Waals surface area (Å²) in [5.74, 6) is 0.357. The van der Waals surface area contributed by atoms with Crippen molar-refractivity contribution in [3.8, 4) is 5.75 Å². The number of para-hydroxylation sites is 1. The molecule has 2 amide bonds. The maximum absolute atomic E-state index is 12.9. The van der Waals surface area contributed by atoms with Gasteiger partial charge >= 0.3 is 6.61 Å². The van der Waals surface area contributed by atoms with Gasteiger partial charge in [-0.3, -0.25) is 9.59 Å². The molecule has 1 saturated heterocycles. The Kier molecular flexibility index (Phi) is 6.34. The number of hydrogen-bond donors (Lipinski definition) is 2. The number of amides is 2. The van der Waals surface area contributed by atoms with E-state index >= 15 is 0 Å². The lowest BCUT2D eigenvalue weighted by Crippen LogP contribution is -2.47. The fraction of sp³-hybridized carbons (Fsp3) is 0.391. The lowest BCUT2D eigenvalue weighted by molar-refractivity contribution is -0.133. The van der Waals surface area contributed by atoms with Crippen LogP contribution in [0.2, 0.25) is 0 Å². The molecule has 0 radical (unpaired) electrons. The minimum Gasteiger partial charge on any atom is -0.435 e. The van der Waals surface area contributed by atoms with Crippen LogP contribution in [0.25, 0.3) is 0 Å². The quantitative estimate of drug-likeness (QED) is 0.693. The van der Waals surface area contributed by atoms with Crippen LogP contribution in [0.1, 0.15) is 36.0 Å². The highest BCUT2D eigenvalue weighted by Crippen LogP contribution is 2.32. The first-order chi connectivity index (χ1) is 15.0. The SMILES string of the molecule is O=C(NC1CCN(C(=O)C2CC2)CC1)c1ccccc1Nc1ccc(OC(F)F)cc1. The molecule has 6 nitrogen and oxygen atoms in total. The van der Waals surface area contributed by atoms with E-state index in [2.05, 4.69) is 15.4 Å². The van der Waals surface area contributed by atoms with Crippen LogP contribution in [0, 0.1) is 5.92 Å². The third-order valence-corrected chi connectivity index (χ3v) is 5.60. The Hall–Kier alpha value is -3.16. The normalized spacial score (nSPS) is 16.8. The summed E-state index contributed by atoms with van der Waals surface area (Å²) >= 11 is 0. The van der Waals surface area contributed by atoms with Crippen molar-refractivity contribution in [1.82, 2.24) is 10.2 Å². The highest BCUT2D eigenvalue weighted by molar-refractivity contribution is 6.00. The van der Waals surface area contributed by atoms with Crippen LogP contribution in [0.3, 0.4) is 0 Å². The van der Waals surface area contributed by atoms with Gasteiger partial charge in [-0.15, -0.1) is 0 Å². The number of rotatable bonds is 7. The summed E-state index contributed by atoms with van der Waals surface area (Å²) in [7, 11) is 0. The van der Waals surface area contributed by atoms with Crippen molar-refractivity contribution < 1.29 is 23.1 Å². The second kappa shape index (κ2) is 9.32. The Morgan fingerprint density at radius 2 is 1.65 bits per heavy atom. The third kappa shape index (κ3) is 5.51. The largest absolute Gasteiger partial charge is 0.435 e. The Labute approximate surface area is 179 Å². The van der Waals surface area contributed by atoms with Gasteiger partial charge < -0.3 is 20.3 Å². The predicted molar refractivity (Wildman–Crippen MR) is 113 cm³/mol. The average molecular weight is 429 g/mol. The van der Waals surface area contributed by atoms with Gasteiger partial charge in [0.25, 0.3) is 5.91 Å². The molecule has 2 fully saturated rings. The highest BCUT2D eigenvalue weighted by Gasteiger charge is 2.35. The van der Waals surface area contributed by atoms with Crippen molar-refractivity contribution in [1.29, 1.82) is 0 Å². The summed E-state index contributed by atoms with van der Waals surface area (Å²) in [4.78, 5) is 27.0. The van der Waals surface area contributed by atoms with Gasteiger partial charge in [-0.2, -0.15) is 8.78 Å². The number of hydrogen-bond acceptors (Lipinski definition) is 4. The zero-order valence-electron chi connectivity index (χ0n) is 17.0. The van der Waals surface area contributed by atoms with E-state index in [4.69, 9.17) is 0 Å². The smallest absolute Gasteiger partial charge is 0.387 e. The number of nitrogens with one attached hydrogen (secondary N) is 2. The molecule has 1 heterocycles. The van der Waals surface area contributed by atoms with Crippen LogP contribution in [0.4, 0.5) is 20.2 Å². The molecule has 1 saturated carbocycles. The van der Waals surface area contributed by atoms with Gasteiger partial charge in [0.1, 0.15) is 5.75 Å². The van der Waals surface area contributed by atoms with Gasteiger partial charge in [0, 0.05) is 30.7 Å². The highest BCUT2D eigenvalue weighted by atomic mass is 19.3. The molecule has 31 heavy (non-hydrogen) atoms. The summed E-state index contributed by atoms with van der Waals surface area (Å²) in [6.07, 6.45) is 3.49. The average Bonchev–Trinajstić information content (AvgIpc) is 3.61. The number of carbonyl (C=O) groups excluding carboxylic acids is 2. The van der Waals surface area contributed by atoms with Gasteiger partial charge in [-0.25, -0.2) is 0 Å². The van der Waals surface area contributed by atoms with Crippen molar-refractivity contribution in [2.24, 2.45) is 5.92 Å². The summed E-state index contributed by atoms with van der Waals surface area (Å²) in [5, 5.41) is 6.23. The molecule has 0 bridgehead atoms. The number of anilines is 2. The first-order valence-electron chi connectivity index (χ1n) is 10.5. The van der Waals surface area contributed by atoms with Gasteiger partial charge in [-0.05, 0) is 62.1 Å². The fourth-order valence-electron chi connectivity index (χ4n) is 3.76. The standard InChI is InChI=1S/C23H25F2N3O3/c24-23(25)31-18-9-7-16(8-10-18)26-20-4-2-1-3-19(20)21(29)27-17-11-13-28(14-12-17)22(30)15-5-6-15/h1-4,7-10,15,17,23,26H,5-6,11-14H2,(H,27,29). The molecule has 4 rings (SSSR count). The number of piperidine rings is 1. The van der Waals surface area contributed by atoms with E-state index in [0.717, 1.165) is 25.7 Å². The van der Waals surface area contributed by atoms with Crippen molar-refractivity contribution >= 4 is 23.2 Å². The van der Waals surface area contributed by atoms with Crippen LogP contribution in [0.15, 0.2) is 48.5 Å². The van der Waals surface area contributed by atoms with Crippen molar-refractivity contribution in [3.05, 3.63) is 54.1 Å². The number of alkyl halides is 2. The monoisotopic (exact) mass is 429 g/mol. The molecule has 2 aromatic carbocycles. The maximum Gasteiger partial charge on any atom is 0.387 e. The zero-order valence-corrected chi connectivity index (χ0v) is 17.0. The summed E-state index contributed by atoms with van der Waals surface area (Å²) in [6.45, 7) is -1.53. The van der Waals surface area contributed by atoms with E-state index in [1.165, 1.54) is 12.1 Å². The lowest BCUT2D eigenvalue weighted by Gasteiger charge is -2.32. The van der Waals surface area contributed by atoms with E-state index in [0.29, 0.717) is 30.0 Å². The molecular weight excluding hydrogens is 404 g/mol. The second-order valence-electron chi connectivity index (χ2n) is 7.92. The molecule has 8 heteroatoms. The number of halogens is 2. The molecule has 1 aliphatic heterocycles. The number of carbonyl (C=O) groups is 2. The Morgan fingerprint density at radius 3 is 2.29 bits per heavy atom. The van der Waals surface area contributed by atoms with E-state index in [-0.39, 0.29) is 29.5 Å². The molecule has 164 valence electrons. The molecule has 2 N–H and O–H groups in total. The van der Waals surface area contributed by atoms with Crippen molar-refractivity contribution in [2.45, 2.75) is 38.3 Å². The second-order valence-corrected chi connectivity index (χ2v) is 7.92. The Balaban J connectivity index is 1.35. The molecule has 0 unspecified atom stereocenters. The van der Waals surface area contributed by atoms with E-state index in [1.54, 1.807) is 30.3 Å². The van der Waals surface area contributed by atoms with E-state index < -0.39 is 6.61 Å². The van der Waals surface area contributed by atoms with Gasteiger partial charge in [0.05, 0.1) is 11.3 Å². The number of benzene rings is 2. The lowest BCUT2D eigenvalue weighted by atomic mass is 10.0. The third-order valence-electron chi connectivity index (χ3n) is 5.60. The van der Waals surface area contributed by atoms with E-state index in [9.17, 15) is 18.4 Å². The van der Waals surface area contributed by atoms with Crippen LogP contribution in [-0.2, 0) is 4.79 Å². The first-order valence-corrected chi connectivity index (χ1v) is 10.5. The summed E-state index contributed by atoms with van der Waals surface area (Å²) < 4.78 is 29.0. The number of ether oxygens (including phenoxy) is 1. The van der Waals surface area contributed by atoms with Crippen molar-refractivity contribution in [2.75, 3.05) is 18.4 Å². The molecule has 0 aromatic heterocycles. The van der Waals surface area contributed by atoms with Crippen LogP contribution in [-0.4, -0.2) is 42.5 Å². The topological polar surface area (TPSA) is 70.7 Å². The van der Waals surface area contributed by atoms with E-state index in [1.807, 2.05) is 11.0 Å². The molecule has 2 aliphatic rings. The van der Waals surface area contributed by atoms with Crippen LogP contribution in [0.5, 0.6) is 5.75 Å². The maximum atomic E-state index is 12.9. The van der Waals surface area contributed by atoms with Crippen molar-refractivity contribution in [3.63, 3.8) is 0 Å². The van der Waals surface area contributed by atoms with Gasteiger partial charge in [0.15, 0.2) is 0 Å². The van der Waals surface area contributed by atoms with Crippen LogP contribution < -0.4 is 15.4 Å². The Bertz CT molecular complexity index is 924. The fourth-order valence-corrected chi connectivity index (χ4v) is 3.76. The molecule has 0 spiro atoms. The molecule has 2 aromatic rings. The number of nitrogens with zero attached hydrogens (tertiary/aromatic N) is 1. The molecule has 0 atom stereocenters. The van der Waals surface area contributed by atoms with Crippen LogP contribution >= 0.6 is 0 Å². The van der Waals surface area contributed by atoms with Gasteiger partial charge in [-0.1, -0.05) is 12.1 Å². The number of likely N-dealkylation sites (tertiary alicyclic amines) is 1.